The molecule has 0 aliphatic carbocycles. The van der Waals surface area contributed by atoms with Gasteiger partial charge in [-0.1, -0.05) is 11.8 Å². The number of hydrogen-bond donors (Lipinski definition) is 0. The Morgan fingerprint density at radius 3 is 3.04 bits per heavy atom. The van der Waals surface area contributed by atoms with Crippen LogP contribution < -0.4 is 10.3 Å². The number of pyridine rings is 1. The monoisotopic (exact) mass is 347 g/mol. The molecule has 3 aromatic rings. The van der Waals surface area contributed by atoms with E-state index in [1.165, 1.54) is 34.8 Å². The third kappa shape index (κ3) is 2.99. The van der Waals surface area contributed by atoms with Gasteiger partial charge in [0.2, 0.25) is 5.88 Å². The fourth-order valence-electron chi connectivity index (χ4n) is 2.07. The summed E-state index contributed by atoms with van der Waals surface area (Å²) >= 11 is 2.59. The molecule has 3 rings (SSSR count). The van der Waals surface area contributed by atoms with E-state index in [1.54, 1.807) is 31.4 Å². The molecular formula is C15H13N3O3S2. The van der Waals surface area contributed by atoms with Gasteiger partial charge in [0.15, 0.2) is 10.9 Å². The molecule has 118 valence electrons. The number of methoxy groups -OCH3 is 1. The largest absolute Gasteiger partial charge is 0.480 e. The van der Waals surface area contributed by atoms with Gasteiger partial charge in [-0.25, -0.2) is 9.97 Å². The summed E-state index contributed by atoms with van der Waals surface area (Å²) in [5.41, 5.74) is 0.982. The standard InChI is InChI=1S/C15H13N3O3S2/c1-18-14(20)12-10(5-7-22-12)17-15(18)23-8-11(19)9-4-3-6-16-13(9)21-2/h3-7H,8H2,1-2H3. The van der Waals surface area contributed by atoms with Crippen LogP contribution in [0.25, 0.3) is 10.2 Å². The van der Waals surface area contributed by atoms with Crippen molar-refractivity contribution in [1.82, 2.24) is 14.5 Å². The number of thioether (sulfide) groups is 1. The number of carbonyl (C=O) groups is 1. The second-order valence-electron chi connectivity index (χ2n) is 4.67. The van der Waals surface area contributed by atoms with Crippen LogP contribution in [0.5, 0.6) is 5.88 Å². The predicted octanol–water partition coefficient (Wildman–Crippen LogP) is 2.37. The van der Waals surface area contributed by atoms with Crippen LogP contribution >= 0.6 is 23.1 Å². The SMILES string of the molecule is COc1ncccc1C(=O)CSc1nc2ccsc2c(=O)n1C. The molecule has 0 bridgehead atoms. The zero-order valence-electron chi connectivity index (χ0n) is 12.5. The molecule has 6 nitrogen and oxygen atoms in total. The Hall–Kier alpha value is -2.19. The molecule has 23 heavy (non-hydrogen) atoms. The van der Waals surface area contributed by atoms with Crippen molar-refractivity contribution in [2.24, 2.45) is 7.05 Å². The molecule has 0 aromatic carbocycles. The molecule has 3 heterocycles. The molecule has 3 aromatic heterocycles. The molecule has 8 heteroatoms. The van der Waals surface area contributed by atoms with Crippen molar-refractivity contribution in [3.63, 3.8) is 0 Å². The summed E-state index contributed by atoms with van der Waals surface area (Å²) in [5.74, 6) is 0.325. The molecule has 0 saturated heterocycles. The molecule has 0 radical (unpaired) electrons. The van der Waals surface area contributed by atoms with Gasteiger partial charge in [0.25, 0.3) is 5.56 Å². The maximum atomic E-state index is 12.4. The van der Waals surface area contributed by atoms with Crippen LogP contribution in [-0.4, -0.2) is 33.2 Å². The van der Waals surface area contributed by atoms with E-state index in [-0.39, 0.29) is 17.1 Å². The van der Waals surface area contributed by atoms with Crippen LogP contribution in [0.3, 0.4) is 0 Å². The van der Waals surface area contributed by atoms with E-state index in [0.717, 1.165) is 0 Å². The van der Waals surface area contributed by atoms with Gasteiger partial charge in [0, 0.05) is 13.2 Å². The van der Waals surface area contributed by atoms with Gasteiger partial charge in [-0.3, -0.25) is 14.2 Å². The lowest BCUT2D eigenvalue weighted by atomic mass is 10.2. The molecule has 0 aliphatic heterocycles. The minimum absolute atomic E-state index is 0.0982. The van der Waals surface area contributed by atoms with E-state index < -0.39 is 0 Å². The van der Waals surface area contributed by atoms with Crippen LogP contribution in [-0.2, 0) is 7.05 Å². The van der Waals surface area contributed by atoms with Gasteiger partial charge in [-0.2, -0.15) is 0 Å². The van der Waals surface area contributed by atoms with E-state index in [0.29, 0.717) is 26.8 Å². The topological polar surface area (TPSA) is 74.1 Å². The summed E-state index contributed by atoms with van der Waals surface area (Å²) in [4.78, 5) is 33.0. The normalized spacial score (nSPS) is 10.9. The number of ketones is 1. The second-order valence-corrected chi connectivity index (χ2v) is 6.52. The van der Waals surface area contributed by atoms with Crippen LogP contribution in [0.4, 0.5) is 0 Å². The summed E-state index contributed by atoms with van der Waals surface area (Å²) in [7, 11) is 3.13. The summed E-state index contributed by atoms with van der Waals surface area (Å²) in [6.07, 6.45) is 1.57. The van der Waals surface area contributed by atoms with E-state index in [4.69, 9.17) is 4.74 Å². The quantitative estimate of drug-likeness (QED) is 0.401. The summed E-state index contributed by atoms with van der Waals surface area (Å²) < 4.78 is 7.19. The van der Waals surface area contributed by atoms with Gasteiger partial charge >= 0.3 is 0 Å². The van der Waals surface area contributed by atoms with E-state index in [1.807, 2.05) is 5.38 Å². The van der Waals surface area contributed by atoms with Gasteiger partial charge in [-0.15, -0.1) is 11.3 Å². The maximum Gasteiger partial charge on any atom is 0.271 e. The van der Waals surface area contributed by atoms with Crippen molar-refractivity contribution in [3.05, 3.63) is 45.7 Å². The second kappa shape index (κ2) is 6.51. The molecule has 0 amide bonds. The highest BCUT2D eigenvalue weighted by Gasteiger charge is 2.16. The number of carbonyl (C=O) groups excluding carboxylic acids is 1. The zero-order valence-corrected chi connectivity index (χ0v) is 14.1. The first-order valence-corrected chi connectivity index (χ1v) is 8.57. The van der Waals surface area contributed by atoms with Crippen molar-refractivity contribution in [2.75, 3.05) is 12.9 Å². The highest BCUT2D eigenvalue weighted by molar-refractivity contribution is 7.99. The zero-order chi connectivity index (χ0) is 16.4. The van der Waals surface area contributed by atoms with Crippen molar-refractivity contribution in [1.29, 1.82) is 0 Å². The van der Waals surface area contributed by atoms with E-state index in [2.05, 4.69) is 9.97 Å². The lowest BCUT2D eigenvalue weighted by Gasteiger charge is -2.08. The highest BCUT2D eigenvalue weighted by Crippen LogP contribution is 2.22. The average Bonchev–Trinajstić information content (AvgIpc) is 3.05. The van der Waals surface area contributed by atoms with Gasteiger partial charge in [0.1, 0.15) is 4.70 Å². The van der Waals surface area contributed by atoms with Crippen LogP contribution in [0.1, 0.15) is 10.4 Å². The number of Topliss-reactive ketones (excluding diaryl/α,β-unsaturated/α-hetero) is 1. The Morgan fingerprint density at radius 2 is 2.26 bits per heavy atom. The number of aromatic nitrogens is 3. The molecule has 0 saturated carbocycles. The van der Waals surface area contributed by atoms with Crippen LogP contribution in [0.15, 0.2) is 39.7 Å². The molecule has 0 fully saturated rings. The minimum atomic E-state index is -0.125. The van der Waals surface area contributed by atoms with Crippen molar-refractivity contribution in [2.45, 2.75) is 5.16 Å². The Kier molecular flexibility index (Phi) is 4.44. The number of rotatable bonds is 5. The number of nitrogens with zero attached hydrogens (tertiary/aromatic N) is 3. The average molecular weight is 347 g/mol. The van der Waals surface area contributed by atoms with Crippen molar-refractivity contribution < 1.29 is 9.53 Å². The number of ether oxygens (including phenoxy) is 1. The van der Waals surface area contributed by atoms with Crippen LogP contribution in [0.2, 0.25) is 0 Å². The van der Waals surface area contributed by atoms with Gasteiger partial charge in [0.05, 0.1) is 23.9 Å². The van der Waals surface area contributed by atoms with Crippen molar-refractivity contribution >= 4 is 39.1 Å². The maximum absolute atomic E-state index is 12.4. The van der Waals surface area contributed by atoms with Crippen LogP contribution in [0, 0.1) is 0 Å². The molecule has 0 atom stereocenters. The molecule has 0 unspecified atom stereocenters. The fourth-order valence-corrected chi connectivity index (χ4v) is 3.73. The summed E-state index contributed by atoms with van der Waals surface area (Å²) in [5, 5.41) is 2.34. The highest BCUT2D eigenvalue weighted by atomic mass is 32.2. The number of fused-ring (bicyclic) bond motifs is 1. The summed E-state index contributed by atoms with van der Waals surface area (Å²) in [6.45, 7) is 0. The first-order valence-electron chi connectivity index (χ1n) is 6.71. The molecule has 0 N–H and O–H groups in total. The smallest absolute Gasteiger partial charge is 0.271 e. The lowest BCUT2D eigenvalue weighted by Crippen LogP contribution is -2.19. The molecule has 0 aliphatic rings. The Labute approximate surface area is 140 Å². The Balaban J connectivity index is 1.84. The lowest BCUT2D eigenvalue weighted by molar-refractivity contribution is 0.101. The number of thiophene rings is 1. The van der Waals surface area contributed by atoms with Gasteiger partial charge in [-0.05, 0) is 23.6 Å². The Bertz CT molecular complexity index is 933. The summed E-state index contributed by atoms with van der Waals surface area (Å²) in [6, 6.07) is 5.16. The Morgan fingerprint density at radius 1 is 1.43 bits per heavy atom. The van der Waals surface area contributed by atoms with Gasteiger partial charge < -0.3 is 4.74 Å². The first-order chi connectivity index (χ1) is 11.1. The third-order valence-corrected chi connectivity index (χ3v) is 5.17. The molecule has 0 spiro atoms. The van der Waals surface area contributed by atoms with E-state index >= 15 is 0 Å². The fraction of sp³-hybridized carbons (Fsp3) is 0.200. The number of hydrogen-bond acceptors (Lipinski definition) is 7. The van der Waals surface area contributed by atoms with E-state index in [9.17, 15) is 9.59 Å². The minimum Gasteiger partial charge on any atom is -0.480 e. The first kappa shape index (κ1) is 15.7. The third-order valence-electron chi connectivity index (χ3n) is 3.24. The van der Waals surface area contributed by atoms with Crippen molar-refractivity contribution in [3.8, 4) is 5.88 Å². The molecular weight excluding hydrogens is 334 g/mol. The predicted molar refractivity (Wildman–Crippen MR) is 90.7 cm³/mol.